The van der Waals surface area contributed by atoms with Crippen molar-refractivity contribution >= 4 is 17.7 Å². The van der Waals surface area contributed by atoms with Gasteiger partial charge in [-0.2, -0.15) is 0 Å². The first-order chi connectivity index (χ1) is 9.95. The highest BCUT2D eigenvalue weighted by Gasteiger charge is 2.20. The second-order valence-corrected chi connectivity index (χ2v) is 5.25. The van der Waals surface area contributed by atoms with Crippen molar-refractivity contribution in [3.8, 4) is 0 Å². The smallest absolute Gasteiger partial charge is 0.337 e. The minimum Gasteiger partial charge on any atom is -0.478 e. The molecule has 1 saturated heterocycles. The van der Waals surface area contributed by atoms with Crippen LogP contribution in [0, 0.1) is 11.7 Å². The third-order valence-electron chi connectivity index (χ3n) is 3.50. The number of hydrogen-bond acceptors (Lipinski definition) is 3. The largest absolute Gasteiger partial charge is 0.478 e. The first-order valence-electron chi connectivity index (χ1n) is 6.72. The molecule has 1 unspecified atom stereocenters. The van der Waals surface area contributed by atoms with E-state index in [0.717, 1.165) is 37.7 Å². The Hall–Kier alpha value is -2.15. The Morgan fingerprint density at radius 2 is 2.24 bits per heavy atom. The molecule has 0 radical (unpaired) electrons. The maximum atomic E-state index is 13.2. The number of halogens is 1. The van der Waals surface area contributed by atoms with Crippen molar-refractivity contribution in [3.05, 3.63) is 29.6 Å². The van der Waals surface area contributed by atoms with E-state index in [9.17, 15) is 14.0 Å². The number of amides is 2. The highest BCUT2D eigenvalue weighted by Crippen LogP contribution is 2.17. The predicted molar refractivity (Wildman–Crippen MR) is 76.0 cm³/mol. The third kappa shape index (κ3) is 4.16. The molecule has 0 aliphatic carbocycles. The molecule has 6 nitrogen and oxygen atoms in total. The molecule has 1 atom stereocenters. The lowest BCUT2D eigenvalue weighted by Gasteiger charge is -2.13. The molecule has 0 aromatic heterocycles. The van der Waals surface area contributed by atoms with Crippen LogP contribution >= 0.6 is 0 Å². The van der Waals surface area contributed by atoms with Crippen LogP contribution in [0.2, 0.25) is 0 Å². The molecule has 3 N–H and O–H groups in total. The van der Waals surface area contributed by atoms with Crippen molar-refractivity contribution in [1.29, 1.82) is 0 Å². The van der Waals surface area contributed by atoms with E-state index >= 15 is 0 Å². The summed E-state index contributed by atoms with van der Waals surface area (Å²) in [5.74, 6) is -1.44. The van der Waals surface area contributed by atoms with Crippen LogP contribution in [0.3, 0.4) is 0 Å². The van der Waals surface area contributed by atoms with E-state index in [-0.39, 0.29) is 11.3 Å². The average Bonchev–Trinajstić information content (AvgIpc) is 2.82. The third-order valence-corrected chi connectivity index (χ3v) is 3.50. The molecule has 0 spiro atoms. The summed E-state index contributed by atoms with van der Waals surface area (Å²) in [6.07, 6.45) is 1.01. The summed E-state index contributed by atoms with van der Waals surface area (Å²) in [5.41, 5.74) is -0.198. The second-order valence-electron chi connectivity index (χ2n) is 5.25. The molecular weight excluding hydrogens is 277 g/mol. The molecule has 0 saturated carbocycles. The molecule has 1 heterocycles. The van der Waals surface area contributed by atoms with Crippen molar-refractivity contribution in [2.45, 2.75) is 6.42 Å². The lowest BCUT2D eigenvalue weighted by Crippen LogP contribution is -2.34. The zero-order chi connectivity index (χ0) is 15.4. The Balaban J connectivity index is 1.93. The van der Waals surface area contributed by atoms with Crippen LogP contribution in [-0.4, -0.2) is 48.7 Å². The number of hydrogen-bond donors (Lipinski definition) is 3. The number of urea groups is 1. The first-order valence-corrected chi connectivity index (χ1v) is 6.72. The Morgan fingerprint density at radius 3 is 2.86 bits per heavy atom. The van der Waals surface area contributed by atoms with Gasteiger partial charge in [0.2, 0.25) is 0 Å². The number of carboxylic acids is 1. The van der Waals surface area contributed by atoms with Crippen molar-refractivity contribution in [1.82, 2.24) is 10.2 Å². The van der Waals surface area contributed by atoms with E-state index in [0.29, 0.717) is 12.5 Å². The van der Waals surface area contributed by atoms with Crippen molar-refractivity contribution in [2.24, 2.45) is 5.92 Å². The monoisotopic (exact) mass is 295 g/mol. The lowest BCUT2D eigenvalue weighted by atomic mass is 10.1. The summed E-state index contributed by atoms with van der Waals surface area (Å²) < 4.78 is 13.2. The molecule has 1 aromatic rings. The van der Waals surface area contributed by atoms with Gasteiger partial charge in [-0.25, -0.2) is 14.0 Å². The summed E-state index contributed by atoms with van der Waals surface area (Å²) in [4.78, 5) is 25.0. The maximum Gasteiger partial charge on any atom is 0.337 e. The molecule has 0 bridgehead atoms. The van der Waals surface area contributed by atoms with E-state index in [4.69, 9.17) is 5.11 Å². The van der Waals surface area contributed by atoms with E-state index in [1.165, 1.54) is 0 Å². The normalized spacial score (nSPS) is 18.5. The molecule has 2 amide bonds. The van der Waals surface area contributed by atoms with Gasteiger partial charge in [-0.05, 0) is 44.1 Å². The van der Waals surface area contributed by atoms with Crippen molar-refractivity contribution in [3.63, 3.8) is 0 Å². The Morgan fingerprint density at radius 1 is 1.48 bits per heavy atom. The van der Waals surface area contributed by atoms with Crippen LogP contribution in [0.4, 0.5) is 14.9 Å². The molecule has 7 heteroatoms. The molecule has 114 valence electrons. The first kappa shape index (κ1) is 15.2. The maximum absolute atomic E-state index is 13.2. The van der Waals surface area contributed by atoms with Gasteiger partial charge in [0, 0.05) is 13.1 Å². The summed E-state index contributed by atoms with van der Waals surface area (Å²) in [7, 11) is 2.02. The number of carbonyl (C=O) groups excluding carboxylic acids is 1. The van der Waals surface area contributed by atoms with Gasteiger partial charge in [0.25, 0.3) is 0 Å². The minimum absolute atomic E-state index is 0.0523. The van der Waals surface area contributed by atoms with Gasteiger partial charge < -0.3 is 20.6 Å². The van der Waals surface area contributed by atoms with Crippen LogP contribution in [0.15, 0.2) is 18.2 Å². The van der Waals surface area contributed by atoms with Crippen molar-refractivity contribution < 1.29 is 19.1 Å². The summed E-state index contributed by atoms with van der Waals surface area (Å²) in [6.45, 7) is 2.43. The number of nitrogens with one attached hydrogen (secondary N) is 2. The van der Waals surface area contributed by atoms with Crippen LogP contribution in [0.25, 0.3) is 0 Å². The molecule has 1 aliphatic rings. The lowest BCUT2D eigenvalue weighted by molar-refractivity contribution is 0.0698. The van der Waals surface area contributed by atoms with Crippen LogP contribution in [0.5, 0.6) is 0 Å². The highest BCUT2D eigenvalue weighted by molar-refractivity contribution is 5.99. The number of likely N-dealkylation sites (tertiary alicyclic amines) is 1. The Kier molecular flexibility index (Phi) is 4.74. The molecule has 1 aliphatic heterocycles. The van der Waals surface area contributed by atoms with E-state index < -0.39 is 17.8 Å². The SMILES string of the molecule is CN1CCC(CNC(=O)Nc2cc(F)ccc2C(=O)O)C1. The van der Waals surface area contributed by atoms with Gasteiger partial charge in [-0.1, -0.05) is 0 Å². The second kappa shape index (κ2) is 6.53. The van der Waals surface area contributed by atoms with Crippen LogP contribution in [0.1, 0.15) is 16.8 Å². The van der Waals surface area contributed by atoms with Crippen molar-refractivity contribution in [2.75, 3.05) is 32.0 Å². The number of carbonyl (C=O) groups is 2. The van der Waals surface area contributed by atoms with Gasteiger partial charge in [0.05, 0.1) is 11.3 Å². The topological polar surface area (TPSA) is 81.7 Å². The minimum atomic E-state index is -1.22. The van der Waals surface area contributed by atoms with Gasteiger partial charge in [-0.3, -0.25) is 0 Å². The van der Waals surface area contributed by atoms with Gasteiger partial charge in [-0.15, -0.1) is 0 Å². The zero-order valence-electron chi connectivity index (χ0n) is 11.7. The highest BCUT2D eigenvalue weighted by atomic mass is 19.1. The van der Waals surface area contributed by atoms with Gasteiger partial charge in [0.15, 0.2) is 0 Å². The molecule has 2 rings (SSSR count). The molecule has 1 fully saturated rings. The molecule has 21 heavy (non-hydrogen) atoms. The summed E-state index contributed by atoms with van der Waals surface area (Å²) in [6, 6.07) is 2.63. The summed E-state index contributed by atoms with van der Waals surface area (Å²) in [5, 5.41) is 14.1. The van der Waals surface area contributed by atoms with E-state index in [1.54, 1.807) is 0 Å². The fraction of sp³-hybridized carbons (Fsp3) is 0.429. The number of carboxylic acid groups (broad SMARTS) is 1. The fourth-order valence-electron chi connectivity index (χ4n) is 2.40. The standard InChI is InChI=1S/C14H18FN3O3/c1-18-5-4-9(8-18)7-16-14(21)17-12-6-10(15)2-3-11(12)13(19)20/h2-3,6,9H,4-5,7-8H2,1H3,(H,19,20)(H2,16,17,21). The quantitative estimate of drug-likeness (QED) is 0.788. The number of rotatable bonds is 4. The molecule has 1 aromatic carbocycles. The van der Waals surface area contributed by atoms with Gasteiger partial charge in [0.1, 0.15) is 5.82 Å². The number of benzene rings is 1. The number of nitrogens with zero attached hydrogens (tertiary/aromatic N) is 1. The van der Waals surface area contributed by atoms with Crippen LogP contribution < -0.4 is 10.6 Å². The summed E-state index contributed by atoms with van der Waals surface area (Å²) >= 11 is 0. The Bertz CT molecular complexity index is 550. The van der Waals surface area contributed by atoms with E-state index in [1.807, 2.05) is 7.05 Å². The zero-order valence-corrected chi connectivity index (χ0v) is 11.7. The number of aromatic carboxylic acids is 1. The predicted octanol–water partition coefficient (Wildman–Crippen LogP) is 1.60. The van der Waals surface area contributed by atoms with Gasteiger partial charge >= 0.3 is 12.0 Å². The van der Waals surface area contributed by atoms with E-state index in [2.05, 4.69) is 15.5 Å². The fourth-order valence-corrected chi connectivity index (χ4v) is 2.40. The molecular formula is C14H18FN3O3. The Labute approximate surface area is 121 Å². The average molecular weight is 295 g/mol. The van der Waals surface area contributed by atoms with Crippen LogP contribution in [-0.2, 0) is 0 Å². The number of anilines is 1.